The monoisotopic (exact) mass is 342 g/mol. The fourth-order valence-corrected chi connectivity index (χ4v) is 5.09. The molecule has 3 aromatic carbocycles. The summed E-state index contributed by atoms with van der Waals surface area (Å²) in [5, 5.41) is 0. The van der Waals surface area contributed by atoms with Crippen LogP contribution in [0.25, 0.3) is 16.7 Å². The predicted molar refractivity (Wildman–Crippen MR) is 116 cm³/mol. The van der Waals surface area contributed by atoms with Gasteiger partial charge in [-0.05, 0) is 51.5 Å². The van der Waals surface area contributed by atoms with Gasteiger partial charge in [0.15, 0.2) is 0 Å². The van der Waals surface area contributed by atoms with Crippen LogP contribution >= 0.6 is 0 Å². The van der Waals surface area contributed by atoms with E-state index in [1.165, 1.54) is 44.5 Å². The first-order valence-corrected chi connectivity index (χ1v) is 9.33. The van der Waals surface area contributed by atoms with Gasteiger partial charge in [0, 0.05) is 0 Å². The normalized spacial score (nSPS) is 19.4. The van der Waals surface area contributed by atoms with Crippen LogP contribution < -0.4 is 5.46 Å². The van der Waals surface area contributed by atoms with Crippen LogP contribution in [0.15, 0.2) is 97.1 Å². The number of rotatable bonds is 2. The van der Waals surface area contributed by atoms with E-state index < -0.39 is 0 Å². The van der Waals surface area contributed by atoms with E-state index in [4.69, 9.17) is 7.85 Å². The average molecular weight is 342 g/mol. The first kappa shape index (κ1) is 16.1. The Bertz CT molecular complexity index is 1160. The fraction of sp³-hybridized carbons (Fsp3) is 0.0769. The lowest BCUT2D eigenvalue weighted by molar-refractivity contribution is 0.791. The molecular weight excluding hydrogens is 323 g/mol. The molecule has 0 aromatic heterocycles. The van der Waals surface area contributed by atoms with Gasteiger partial charge in [-0.3, -0.25) is 0 Å². The number of hydrogen-bond acceptors (Lipinski definition) is 0. The van der Waals surface area contributed by atoms with E-state index in [1.807, 2.05) is 12.1 Å². The maximum absolute atomic E-state index is 6.64. The number of allylic oxidation sites excluding steroid dienone is 5. The molecule has 0 nitrogen and oxygen atoms in total. The van der Waals surface area contributed by atoms with Crippen molar-refractivity contribution in [1.82, 2.24) is 0 Å². The Morgan fingerprint density at radius 2 is 1.44 bits per heavy atom. The minimum Gasteiger partial charge on any atom is -0.0984 e. The fourth-order valence-electron chi connectivity index (χ4n) is 5.09. The smallest absolute Gasteiger partial charge is 0.0984 e. The maximum Gasteiger partial charge on any atom is 0.114 e. The highest BCUT2D eigenvalue weighted by molar-refractivity contribution is 6.34. The lowest BCUT2D eigenvalue weighted by atomic mass is 9.66. The molecule has 3 aromatic rings. The van der Waals surface area contributed by atoms with Crippen molar-refractivity contribution in [1.29, 1.82) is 0 Å². The molecule has 1 atom stereocenters. The van der Waals surface area contributed by atoms with Gasteiger partial charge in [-0.1, -0.05) is 97.0 Å². The standard InChI is InChI=1S/C26H19B/c1-3-10-21-17(4-2)18-11-5-7-14-22(18)26(21)23-15-8-6-12-19(23)20-13-9-16-24(27)25(20)26/h3-16H,2H2,1H3/b10-3-. The van der Waals surface area contributed by atoms with Gasteiger partial charge < -0.3 is 0 Å². The summed E-state index contributed by atoms with van der Waals surface area (Å²) in [6, 6.07) is 23.6. The molecule has 0 fully saturated rings. The topological polar surface area (TPSA) is 0 Å². The summed E-state index contributed by atoms with van der Waals surface area (Å²) in [6.07, 6.45) is 6.34. The molecule has 1 unspecified atom stereocenters. The molecule has 2 aliphatic carbocycles. The summed E-state index contributed by atoms with van der Waals surface area (Å²) in [6.45, 7) is 6.21. The van der Waals surface area contributed by atoms with Gasteiger partial charge in [0.2, 0.25) is 0 Å². The summed E-state index contributed by atoms with van der Waals surface area (Å²) >= 11 is 0. The highest BCUT2D eigenvalue weighted by Gasteiger charge is 2.51. The molecule has 5 rings (SSSR count). The molecule has 0 aliphatic heterocycles. The largest absolute Gasteiger partial charge is 0.114 e. The van der Waals surface area contributed by atoms with Crippen LogP contribution in [0.1, 0.15) is 29.2 Å². The van der Waals surface area contributed by atoms with Crippen LogP contribution in [0.4, 0.5) is 0 Å². The van der Waals surface area contributed by atoms with Crippen molar-refractivity contribution in [3.63, 3.8) is 0 Å². The Hall–Kier alpha value is -3.06. The Morgan fingerprint density at radius 3 is 2.15 bits per heavy atom. The van der Waals surface area contributed by atoms with E-state index in [2.05, 4.69) is 86.3 Å². The third-order valence-electron chi connectivity index (χ3n) is 5.95. The number of benzene rings is 3. The average Bonchev–Trinajstić information content (AvgIpc) is 3.15. The lowest BCUT2D eigenvalue weighted by Crippen LogP contribution is -2.32. The second kappa shape index (κ2) is 5.72. The predicted octanol–water partition coefficient (Wildman–Crippen LogP) is 5.32. The van der Waals surface area contributed by atoms with E-state index in [1.54, 1.807) is 0 Å². The van der Waals surface area contributed by atoms with E-state index in [-0.39, 0.29) is 5.41 Å². The second-order valence-corrected chi connectivity index (χ2v) is 7.14. The van der Waals surface area contributed by atoms with Crippen LogP contribution in [0.2, 0.25) is 0 Å². The Labute approximate surface area is 162 Å². The van der Waals surface area contributed by atoms with Gasteiger partial charge in [0.05, 0.1) is 5.41 Å². The van der Waals surface area contributed by atoms with Gasteiger partial charge in [-0.15, -0.1) is 0 Å². The molecule has 2 aliphatic rings. The van der Waals surface area contributed by atoms with Crippen molar-refractivity contribution in [3.05, 3.63) is 119 Å². The molecule has 0 N–H and O–H groups in total. The van der Waals surface area contributed by atoms with Crippen molar-refractivity contribution in [2.45, 2.75) is 12.3 Å². The summed E-state index contributed by atoms with van der Waals surface area (Å²) in [4.78, 5) is 0. The molecule has 27 heavy (non-hydrogen) atoms. The molecule has 2 radical (unpaired) electrons. The van der Waals surface area contributed by atoms with Gasteiger partial charge in [-0.25, -0.2) is 0 Å². The van der Waals surface area contributed by atoms with E-state index in [0.717, 1.165) is 5.46 Å². The molecule has 0 saturated heterocycles. The van der Waals surface area contributed by atoms with Crippen molar-refractivity contribution in [3.8, 4) is 11.1 Å². The second-order valence-electron chi connectivity index (χ2n) is 7.14. The molecular formula is C26H19B. The van der Waals surface area contributed by atoms with Crippen LogP contribution in [0, 0.1) is 0 Å². The molecule has 0 bridgehead atoms. The SMILES string of the molecule is [B]c1cccc2c1C1(C(/C=C\C)=C(C=C)c3ccccc31)c1ccccc1-2. The van der Waals surface area contributed by atoms with E-state index >= 15 is 0 Å². The number of fused-ring (bicyclic) bond motifs is 7. The Morgan fingerprint density at radius 1 is 0.815 bits per heavy atom. The first-order chi connectivity index (χ1) is 13.2. The van der Waals surface area contributed by atoms with Crippen molar-refractivity contribution in [2.24, 2.45) is 0 Å². The van der Waals surface area contributed by atoms with Crippen molar-refractivity contribution < 1.29 is 0 Å². The van der Waals surface area contributed by atoms with Crippen LogP contribution in [0.3, 0.4) is 0 Å². The van der Waals surface area contributed by atoms with Crippen molar-refractivity contribution >= 4 is 18.9 Å². The lowest BCUT2D eigenvalue weighted by Gasteiger charge is -2.33. The van der Waals surface area contributed by atoms with Crippen LogP contribution in [-0.2, 0) is 5.41 Å². The van der Waals surface area contributed by atoms with Crippen molar-refractivity contribution in [2.75, 3.05) is 0 Å². The van der Waals surface area contributed by atoms with Crippen LogP contribution in [0.5, 0.6) is 0 Å². The molecule has 126 valence electrons. The quantitative estimate of drug-likeness (QED) is 0.553. The highest BCUT2D eigenvalue weighted by atomic mass is 14.5. The summed E-state index contributed by atoms with van der Waals surface area (Å²) in [5.41, 5.74) is 10.4. The first-order valence-electron chi connectivity index (χ1n) is 9.33. The van der Waals surface area contributed by atoms with Gasteiger partial charge in [0.25, 0.3) is 0 Å². The zero-order chi connectivity index (χ0) is 18.6. The Kier molecular flexibility index (Phi) is 3.42. The maximum atomic E-state index is 6.64. The molecule has 0 heterocycles. The summed E-state index contributed by atoms with van der Waals surface area (Å²) in [7, 11) is 6.64. The highest BCUT2D eigenvalue weighted by Crippen LogP contribution is 2.61. The zero-order valence-electron chi connectivity index (χ0n) is 15.4. The minimum atomic E-state index is -0.385. The zero-order valence-corrected chi connectivity index (χ0v) is 15.4. The minimum absolute atomic E-state index is 0.385. The Balaban J connectivity index is 2.06. The molecule has 1 spiro atoms. The summed E-state index contributed by atoms with van der Waals surface area (Å²) in [5.74, 6) is 0. The molecule has 0 amide bonds. The van der Waals surface area contributed by atoms with Gasteiger partial charge >= 0.3 is 0 Å². The van der Waals surface area contributed by atoms with Crippen LogP contribution in [-0.4, -0.2) is 7.85 Å². The summed E-state index contributed by atoms with van der Waals surface area (Å²) < 4.78 is 0. The van der Waals surface area contributed by atoms with E-state index in [0.29, 0.717) is 0 Å². The van der Waals surface area contributed by atoms with E-state index in [9.17, 15) is 0 Å². The molecule has 1 heteroatoms. The van der Waals surface area contributed by atoms with Gasteiger partial charge in [-0.2, -0.15) is 0 Å². The number of hydrogen-bond donors (Lipinski definition) is 0. The third kappa shape index (κ3) is 1.84. The third-order valence-corrected chi connectivity index (χ3v) is 5.95. The molecule has 0 saturated carbocycles. The van der Waals surface area contributed by atoms with Gasteiger partial charge in [0.1, 0.15) is 7.85 Å².